The molecule has 0 atom stereocenters. The number of rotatable bonds is 3. The van der Waals surface area contributed by atoms with E-state index in [2.05, 4.69) is 0 Å². The molecule has 0 heterocycles. The van der Waals surface area contributed by atoms with Crippen LogP contribution in [0.15, 0.2) is 18.2 Å². The van der Waals surface area contributed by atoms with E-state index in [-0.39, 0.29) is 0 Å². The van der Waals surface area contributed by atoms with Gasteiger partial charge in [-0.25, -0.2) is 0 Å². The highest BCUT2D eigenvalue weighted by atomic mass is 35.5. The van der Waals surface area contributed by atoms with Crippen LogP contribution in [0.3, 0.4) is 0 Å². The van der Waals surface area contributed by atoms with Crippen LogP contribution in [-0.4, -0.2) is 5.88 Å². The third-order valence-electron chi connectivity index (χ3n) is 3.26. The van der Waals surface area contributed by atoms with Crippen LogP contribution in [-0.2, 0) is 6.42 Å². The number of benzene rings is 1. The number of halogens is 3. The molecule has 0 nitrogen and oxygen atoms in total. The molecular formula is C12H13Cl3. The van der Waals surface area contributed by atoms with Crippen molar-refractivity contribution in [2.24, 2.45) is 5.41 Å². The minimum Gasteiger partial charge on any atom is -0.126 e. The summed E-state index contributed by atoms with van der Waals surface area (Å²) < 4.78 is 0. The van der Waals surface area contributed by atoms with Gasteiger partial charge in [-0.15, -0.1) is 11.6 Å². The fourth-order valence-corrected chi connectivity index (χ4v) is 2.80. The summed E-state index contributed by atoms with van der Waals surface area (Å²) in [4.78, 5) is 0. The first-order valence-electron chi connectivity index (χ1n) is 5.15. The molecule has 1 fully saturated rings. The van der Waals surface area contributed by atoms with E-state index in [0.29, 0.717) is 15.5 Å². The molecule has 0 unspecified atom stereocenters. The Morgan fingerprint density at radius 2 is 1.87 bits per heavy atom. The molecule has 0 spiro atoms. The van der Waals surface area contributed by atoms with Crippen LogP contribution < -0.4 is 0 Å². The van der Waals surface area contributed by atoms with Gasteiger partial charge in [-0.05, 0) is 42.4 Å². The molecule has 2 rings (SSSR count). The van der Waals surface area contributed by atoms with E-state index in [9.17, 15) is 0 Å². The normalized spacial score (nSPS) is 18.6. The Balaban J connectivity index is 2.13. The fourth-order valence-electron chi connectivity index (χ4n) is 2.12. The topological polar surface area (TPSA) is 0 Å². The van der Waals surface area contributed by atoms with Gasteiger partial charge in [-0.1, -0.05) is 35.7 Å². The lowest BCUT2D eigenvalue weighted by Gasteiger charge is -2.40. The maximum Gasteiger partial charge on any atom is 0.0595 e. The van der Waals surface area contributed by atoms with Gasteiger partial charge in [0, 0.05) is 5.88 Å². The molecule has 0 N–H and O–H groups in total. The molecule has 1 aliphatic rings. The van der Waals surface area contributed by atoms with Crippen molar-refractivity contribution in [2.45, 2.75) is 25.7 Å². The zero-order valence-electron chi connectivity index (χ0n) is 8.40. The van der Waals surface area contributed by atoms with Gasteiger partial charge in [0.1, 0.15) is 0 Å². The van der Waals surface area contributed by atoms with Gasteiger partial charge in [0.15, 0.2) is 0 Å². The van der Waals surface area contributed by atoms with Crippen molar-refractivity contribution in [3.8, 4) is 0 Å². The van der Waals surface area contributed by atoms with Gasteiger partial charge in [0.2, 0.25) is 0 Å². The molecule has 1 aromatic rings. The molecule has 1 saturated carbocycles. The van der Waals surface area contributed by atoms with Crippen molar-refractivity contribution in [3.05, 3.63) is 33.8 Å². The van der Waals surface area contributed by atoms with Crippen LogP contribution in [0, 0.1) is 5.41 Å². The Labute approximate surface area is 106 Å². The summed E-state index contributed by atoms with van der Waals surface area (Å²) in [7, 11) is 0. The summed E-state index contributed by atoms with van der Waals surface area (Å²) in [6.45, 7) is 0. The van der Waals surface area contributed by atoms with Gasteiger partial charge in [0.05, 0.1) is 10.0 Å². The zero-order chi connectivity index (χ0) is 10.9. The summed E-state index contributed by atoms with van der Waals surface area (Å²) in [5.74, 6) is 0.743. The quantitative estimate of drug-likeness (QED) is 0.677. The molecule has 3 heteroatoms. The number of hydrogen-bond acceptors (Lipinski definition) is 0. The number of hydrogen-bond donors (Lipinski definition) is 0. The van der Waals surface area contributed by atoms with E-state index in [4.69, 9.17) is 34.8 Å². The van der Waals surface area contributed by atoms with Crippen LogP contribution in [0.2, 0.25) is 10.0 Å². The summed E-state index contributed by atoms with van der Waals surface area (Å²) in [6, 6.07) is 5.86. The number of alkyl halides is 1. The van der Waals surface area contributed by atoms with Crippen LogP contribution in [0.5, 0.6) is 0 Å². The van der Waals surface area contributed by atoms with E-state index < -0.39 is 0 Å². The summed E-state index contributed by atoms with van der Waals surface area (Å²) >= 11 is 17.9. The third-order valence-corrected chi connectivity index (χ3v) is 4.57. The van der Waals surface area contributed by atoms with Crippen molar-refractivity contribution < 1.29 is 0 Å². The third kappa shape index (κ3) is 2.43. The van der Waals surface area contributed by atoms with Crippen molar-refractivity contribution in [2.75, 3.05) is 5.88 Å². The maximum atomic E-state index is 6.02. The van der Waals surface area contributed by atoms with E-state index >= 15 is 0 Å². The van der Waals surface area contributed by atoms with Gasteiger partial charge >= 0.3 is 0 Å². The minimum atomic E-state index is 0.318. The lowest BCUT2D eigenvalue weighted by Crippen LogP contribution is -2.33. The van der Waals surface area contributed by atoms with E-state index in [1.165, 1.54) is 24.8 Å². The van der Waals surface area contributed by atoms with Gasteiger partial charge in [-0.2, -0.15) is 0 Å². The Kier molecular flexibility index (Phi) is 3.49. The Morgan fingerprint density at radius 1 is 1.13 bits per heavy atom. The lowest BCUT2D eigenvalue weighted by atomic mass is 9.67. The second-order valence-electron chi connectivity index (χ2n) is 4.41. The zero-order valence-corrected chi connectivity index (χ0v) is 10.7. The van der Waals surface area contributed by atoms with E-state index in [1.54, 1.807) is 0 Å². The highest BCUT2D eigenvalue weighted by Crippen LogP contribution is 2.44. The van der Waals surface area contributed by atoms with Crippen molar-refractivity contribution in [3.63, 3.8) is 0 Å². The molecule has 1 aromatic carbocycles. The molecule has 0 radical (unpaired) electrons. The van der Waals surface area contributed by atoms with Crippen LogP contribution >= 0.6 is 34.8 Å². The standard InChI is InChI=1S/C12H13Cl3/c13-8-12(4-1-5-12)7-9-2-3-10(14)11(15)6-9/h2-3,6H,1,4-5,7-8H2. The highest BCUT2D eigenvalue weighted by molar-refractivity contribution is 6.42. The predicted octanol–water partition coefficient (Wildman–Crippen LogP) is 4.95. The fraction of sp³-hybridized carbons (Fsp3) is 0.500. The largest absolute Gasteiger partial charge is 0.126 e. The second-order valence-corrected chi connectivity index (χ2v) is 5.49. The monoisotopic (exact) mass is 262 g/mol. The molecular weight excluding hydrogens is 250 g/mol. The van der Waals surface area contributed by atoms with Crippen molar-refractivity contribution in [1.29, 1.82) is 0 Å². The first kappa shape index (κ1) is 11.6. The SMILES string of the molecule is ClCC1(Cc2ccc(Cl)c(Cl)c2)CCC1. The van der Waals surface area contributed by atoms with E-state index in [1.807, 2.05) is 18.2 Å². The molecule has 15 heavy (non-hydrogen) atoms. The van der Waals surface area contributed by atoms with Crippen molar-refractivity contribution >= 4 is 34.8 Å². The summed E-state index contributed by atoms with van der Waals surface area (Å²) in [5, 5.41) is 1.26. The Hall–Kier alpha value is 0.0900. The van der Waals surface area contributed by atoms with Gasteiger partial charge in [0.25, 0.3) is 0 Å². The van der Waals surface area contributed by atoms with Gasteiger partial charge < -0.3 is 0 Å². The average molecular weight is 264 g/mol. The summed E-state index contributed by atoms with van der Waals surface area (Å²) in [5.41, 5.74) is 1.56. The molecule has 0 aliphatic heterocycles. The van der Waals surface area contributed by atoms with Gasteiger partial charge in [-0.3, -0.25) is 0 Å². The lowest BCUT2D eigenvalue weighted by molar-refractivity contribution is 0.166. The van der Waals surface area contributed by atoms with Crippen LogP contribution in [0.1, 0.15) is 24.8 Å². The molecule has 0 saturated heterocycles. The highest BCUT2D eigenvalue weighted by Gasteiger charge is 2.36. The Bertz CT molecular complexity index is 350. The first-order valence-corrected chi connectivity index (χ1v) is 6.44. The predicted molar refractivity (Wildman–Crippen MR) is 67.2 cm³/mol. The first-order chi connectivity index (χ1) is 7.15. The minimum absolute atomic E-state index is 0.318. The van der Waals surface area contributed by atoms with Crippen LogP contribution in [0.4, 0.5) is 0 Å². The van der Waals surface area contributed by atoms with E-state index in [0.717, 1.165) is 12.3 Å². The molecule has 0 aromatic heterocycles. The summed E-state index contributed by atoms with van der Waals surface area (Å²) in [6.07, 6.45) is 4.79. The molecule has 82 valence electrons. The van der Waals surface area contributed by atoms with Crippen molar-refractivity contribution in [1.82, 2.24) is 0 Å². The molecule has 0 amide bonds. The van der Waals surface area contributed by atoms with Crippen LogP contribution in [0.25, 0.3) is 0 Å². The Morgan fingerprint density at radius 3 is 2.33 bits per heavy atom. The molecule has 1 aliphatic carbocycles. The smallest absolute Gasteiger partial charge is 0.0595 e. The molecule has 0 bridgehead atoms. The second kappa shape index (κ2) is 4.53. The average Bonchev–Trinajstić information content (AvgIpc) is 2.17. The maximum absolute atomic E-state index is 6.02.